The van der Waals surface area contributed by atoms with E-state index in [1.165, 1.54) is 5.56 Å². The summed E-state index contributed by atoms with van der Waals surface area (Å²) in [5, 5.41) is 12.2. The van der Waals surface area contributed by atoms with Gasteiger partial charge in [-0.2, -0.15) is 0 Å². The van der Waals surface area contributed by atoms with Crippen LogP contribution < -0.4 is 10.2 Å². The zero-order valence-electron chi connectivity index (χ0n) is 10.3. The smallest absolute Gasteiger partial charge is 0.128 e. The standard InChI is InChI=1S/C12H21N3O/c1-4-13-10(2)11-5-6-14-12(9-11)15(3)7-8-16/h5-6,9-10,13,16H,4,7-8H2,1-3H3. The Kier molecular flexibility index (Phi) is 5.22. The van der Waals surface area contributed by atoms with E-state index in [0.29, 0.717) is 12.6 Å². The van der Waals surface area contributed by atoms with Crippen LogP contribution in [0.3, 0.4) is 0 Å². The summed E-state index contributed by atoms with van der Waals surface area (Å²) in [5.41, 5.74) is 1.22. The van der Waals surface area contributed by atoms with Crippen molar-refractivity contribution >= 4 is 5.82 Å². The van der Waals surface area contributed by atoms with Crippen LogP contribution in [0.2, 0.25) is 0 Å². The third-order valence-corrected chi connectivity index (χ3v) is 2.61. The molecule has 1 aromatic rings. The van der Waals surface area contributed by atoms with Crippen LogP contribution in [0, 0.1) is 0 Å². The van der Waals surface area contributed by atoms with E-state index in [4.69, 9.17) is 5.11 Å². The molecule has 4 nitrogen and oxygen atoms in total. The highest BCUT2D eigenvalue weighted by Crippen LogP contribution is 2.16. The van der Waals surface area contributed by atoms with Gasteiger partial charge in [-0.05, 0) is 31.2 Å². The summed E-state index contributed by atoms with van der Waals surface area (Å²) < 4.78 is 0. The quantitative estimate of drug-likeness (QED) is 0.760. The zero-order valence-corrected chi connectivity index (χ0v) is 10.3. The minimum Gasteiger partial charge on any atom is -0.395 e. The number of rotatable bonds is 6. The molecule has 0 fully saturated rings. The van der Waals surface area contributed by atoms with Crippen LogP contribution >= 0.6 is 0 Å². The molecule has 0 aliphatic heterocycles. The Labute approximate surface area is 97.3 Å². The van der Waals surface area contributed by atoms with E-state index in [9.17, 15) is 0 Å². The zero-order chi connectivity index (χ0) is 12.0. The molecule has 1 rings (SSSR count). The highest BCUT2D eigenvalue weighted by Gasteiger charge is 2.07. The van der Waals surface area contributed by atoms with Crippen LogP contribution in [0.25, 0.3) is 0 Å². The molecule has 0 radical (unpaired) electrons. The van der Waals surface area contributed by atoms with Gasteiger partial charge in [0, 0.05) is 25.8 Å². The van der Waals surface area contributed by atoms with Crippen molar-refractivity contribution in [2.24, 2.45) is 0 Å². The van der Waals surface area contributed by atoms with Crippen molar-refractivity contribution in [1.29, 1.82) is 0 Å². The maximum Gasteiger partial charge on any atom is 0.128 e. The molecule has 1 unspecified atom stereocenters. The van der Waals surface area contributed by atoms with Crippen molar-refractivity contribution in [3.8, 4) is 0 Å². The SMILES string of the molecule is CCNC(C)c1ccnc(N(C)CCO)c1. The fourth-order valence-electron chi connectivity index (χ4n) is 1.60. The number of nitrogens with zero attached hydrogens (tertiary/aromatic N) is 2. The molecule has 16 heavy (non-hydrogen) atoms. The fraction of sp³-hybridized carbons (Fsp3) is 0.583. The lowest BCUT2D eigenvalue weighted by Crippen LogP contribution is -2.23. The van der Waals surface area contributed by atoms with Crippen LogP contribution in [0.1, 0.15) is 25.5 Å². The van der Waals surface area contributed by atoms with Crippen LogP contribution in [-0.2, 0) is 0 Å². The molecule has 1 aromatic heterocycles. The predicted octanol–water partition coefficient (Wildman–Crippen LogP) is 1.18. The highest BCUT2D eigenvalue weighted by atomic mass is 16.3. The van der Waals surface area contributed by atoms with Gasteiger partial charge in [0.05, 0.1) is 6.61 Å². The molecule has 90 valence electrons. The van der Waals surface area contributed by atoms with Gasteiger partial charge in [-0.1, -0.05) is 6.92 Å². The predicted molar refractivity (Wildman–Crippen MR) is 66.7 cm³/mol. The number of hydrogen-bond donors (Lipinski definition) is 2. The summed E-state index contributed by atoms with van der Waals surface area (Å²) in [6, 6.07) is 4.40. The first-order chi connectivity index (χ1) is 7.69. The lowest BCUT2D eigenvalue weighted by Gasteiger charge is -2.19. The summed E-state index contributed by atoms with van der Waals surface area (Å²) >= 11 is 0. The molecule has 1 atom stereocenters. The fourth-order valence-corrected chi connectivity index (χ4v) is 1.60. The molecule has 0 aliphatic rings. The van der Waals surface area contributed by atoms with Crippen molar-refractivity contribution in [2.45, 2.75) is 19.9 Å². The number of likely N-dealkylation sites (N-methyl/N-ethyl adjacent to an activating group) is 1. The van der Waals surface area contributed by atoms with Gasteiger partial charge in [-0.15, -0.1) is 0 Å². The van der Waals surface area contributed by atoms with E-state index in [-0.39, 0.29) is 6.61 Å². The topological polar surface area (TPSA) is 48.4 Å². The van der Waals surface area contributed by atoms with E-state index < -0.39 is 0 Å². The second-order valence-corrected chi connectivity index (χ2v) is 3.87. The van der Waals surface area contributed by atoms with Gasteiger partial charge in [-0.25, -0.2) is 4.98 Å². The number of aliphatic hydroxyl groups is 1. The molecule has 0 saturated carbocycles. The lowest BCUT2D eigenvalue weighted by molar-refractivity contribution is 0.304. The first-order valence-corrected chi connectivity index (χ1v) is 5.70. The van der Waals surface area contributed by atoms with Crippen molar-refractivity contribution in [1.82, 2.24) is 10.3 Å². The molecular formula is C12H21N3O. The summed E-state index contributed by atoms with van der Waals surface area (Å²) in [4.78, 5) is 6.23. The summed E-state index contributed by atoms with van der Waals surface area (Å²) in [6.07, 6.45) is 1.81. The number of anilines is 1. The summed E-state index contributed by atoms with van der Waals surface area (Å²) in [7, 11) is 1.93. The van der Waals surface area contributed by atoms with Gasteiger partial charge in [0.25, 0.3) is 0 Å². The molecule has 2 N–H and O–H groups in total. The Morgan fingerprint density at radius 1 is 1.56 bits per heavy atom. The lowest BCUT2D eigenvalue weighted by atomic mass is 10.1. The van der Waals surface area contributed by atoms with Gasteiger partial charge in [-0.3, -0.25) is 0 Å². The third kappa shape index (κ3) is 3.47. The van der Waals surface area contributed by atoms with Gasteiger partial charge in [0.2, 0.25) is 0 Å². The van der Waals surface area contributed by atoms with Crippen LogP contribution in [-0.4, -0.2) is 36.8 Å². The average molecular weight is 223 g/mol. The number of aromatic nitrogens is 1. The Balaban J connectivity index is 2.77. The molecular weight excluding hydrogens is 202 g/mol. The molecule has 0 spiro atoms. The molecule has 0 saturated heterocycles. The average Bonchev–Trinajstić information content (AvgIpc) is 2.30. The number of pyridine rings is 1. The molecule has 0 amide bonds. The Hall–Kier alpha value is -1.13. The second-order valence-electron chi connectivity index (χ2n) is 3.87. The third-order valence-electron chi connectivity index (χ3n) is 2.61. The molecule has 0 aliphatic carbocycles. The summed E-state index contributed by atoms with van der Waals surface area (Å²) in [5.74, 6) is 0.899. The van der Waals surface area contributed by atoms with Crippen LogP contribution in [0.15, 0.2) is 18.3 Å². The minimum absolute atomic E-state index is 0.144. The highest BCUT2D eigenvalue weighted by molar-refractivity contribution is 5.40. The molecule has 0 aromatic carbocycles. The Morgan fingerprint density at radius 3 is 2.94 bits per heavy atom. The number of hydrogen-bond acceptors (Lipinski definition) is 4. The summed E-state index contributed by atoms with van der Waals surface area (Å²) in [6.45, 7) is 5.92. The monoisotopic (exact) mass is 223 g/mol. The Bertz CT molecular complexity index is 290. The van der Waals surface area contributed by atoms with E-state index in [0.717, 1.165) is 12.4 Å². The van der Waals surface area contributed by atoms with E-state index in [1.54, 1.807) is 0 Å². The van der Waals surface area contributed by atoms with Crippen molar-refractivity contribution in [2.75, 3.05) is 31.6 Å². The Morgan fingerprint density at radius 2 is 2.31 bits per heavy atom. The normalized spacial score (nSPS) is 12.5. The first-order valence-electron chi connectivity index (χ1n) is 5.70. The van der Waals surface area contributed by atoms with Gasteiger partial charge in [0.1, 0.15) is 5.82 Å². The van der Waals surface area contributed by atoms with E-state index in [1.807, 2.05) is 24.2 Å². The first kappa shape index (κ1) is 12.9. The molecule has 1 heterocycles. The number of nitrogens with one attached hydrogen (secondary N) is 1. The second kappa shape index (κ2) is 6.45. The van der Waals surface area contributed by atoms with Crippen LogP contribution in [0.5, 0.6) is 0 Å². The van der Waals surface area contributed by atoms with Crippen LogP contribution in [0.4, 0.5) is 5.82 Å². The van der Waals surface area contributed by atoms with Gasteiger partial charge >= 0.3 is 0 Å². The molecule has 4 heteroatoms. The minimum atomic E-state index is 0.144. The maximum absolute atomic E-state index is 8.88. The maximum atomic E-state index is 8.88. The van der Waals surface area contributed by atoms with Gasteiger partial charge < -0.3 is 15.3 Å². The van der Waals surface area contributed by atoms with Crippen molar-refractivity contribution in [3.05, 3.63) is 23.9 Å². The van der Waals surface area contributed by atoms with Gasteiger partial charge in [0.15, 0.2) is 0 Å². The largest absolute Gasteiger partial charge is 0.395 e. The molecule has 0 bridgehead atoms. The van der Waals surface area contributed by atoms with Crippen molar-refractivity contribution < 1.29 is 5.11 Å². The van der Waals surface area contributed by atoms with Crippen molar-refractivity contribution in [3.63, 3.8) is 0 Å². The van der Waals surface area contributed by atoms with E-state index in [2.05, 4.69) is 30.2 Å². The van der Waals surface area contributed by atoms with E-state index >= 15 is 0 Å². The number of aliphatic hydroxyl groups excluding tert-OH is 1.